The maximum atomic E-state index is 13.4. The highest BCUT2D eigenvalue weighted by Gasteiger charge is 2.30. The Morgan fingerprint density at radius 3 is 2.66 bits per heavy atom. The van der Waals surface area contributed by atoms with Gasteiger partial charge in [-0.2, -0.15) is 13.2 Å². The molecule has 0 radical (unpaired) electrons. The van der Waals surface area contributed by atoms with E-state index in [-0.39, 0.29) is 29.3 Å². The number of ether oxygens (including phenoxy) is 1. The molecule has 0 bridgehead atoms. The third-order valence-electron chi connectivity index (χ3n) is 6.12. The second kappa shape index (κ2) is 11.8. The smallest absolute Gasteiger partial charge is 0.399 e. The fraction of sp³-hybridized carbons (Fsp3) is 0.385. The van der Waals surface area contributed by atoms with Gasteiger partial charge in [0.1, 0.15) is 6.54 Å². The molecule has 38 heavy (non-hydrogen) atoms. The Kier molecular flexibility index (Phi) is 8.48. The van der Waals surface area contributed by atoms with Crippen molar-refractivity contribution in [3.63, 3.8) is 0 Å². The van der Waals surface area contributed by atoms with Crippen LogP contribution in [-0.4, -0.2) is 67.4 Å². The molecule has 2 aromatic heterocycles. The van der Waals surface area contributed by atoms with Crippen LogP contribution in [0, 0.1) is 11.8 Å². The largest absolute Gasteiger partial charge is 0.414 e. The molecule has 0 spiro atoms. The molecule has 3 N–H and O–H groups in total. The summed E-state index contributed by atoms with van der Waals surface area (Å²) in [7, 11) is 3.56. The van der Waals surface area contributed by atoms with Crippen molar-refractivity contribution >= 4 is 39.9 Å². The highest BCUT2D eigenvalue weighted by atomic mass is 32.1. The number of hydrogen-bond acceptors (Lipinski definition) is 6. The van der Waals surface area contributed by atoms with E-state index in [4.69, 9.17) is 4.74 Å². The second-order valence-electron chi connectivity index (χ2n) is 8.93. The Morgan fingerprint density at radius 1 is 1.18 bits per heavy atom. The van der Waals surface area contributed by atoms with Crippen molar-refractivity contribution in [2.45, 2.75) is 31.6 Å². The van der Waals surface area contributed by atoms with E-state index in [2.05, 4.69) is 39.7 Å². The summed E-state index contributed by atoms with van der Waals surface area (Å²) in [6.45, 7) is 0.591. The van der Waals surface area contributed by atoms with Crippen molar-refractivity contribution in [3.05, 3.63) is 47.0 Å². The lowest BCUT2D eigenvalue weighted by atomic mass is 10.0. The van der Waals surface area contributed by atoms with Crippen LogP contribution in [0.2, 0.25) is 0 Å². The second-order valence-corrected chi connectivity index (χ2v) is 9.98. The Hall–Kier alpha value is -3.69. The van der Waals surface area contributed by atoms with Gasteiger partial charge in [-0.1, -0.05) is 23.3 Å². The molecule has 0 atom stereocenters. The zero-order valence-electron chi connectivity index (χ0n) is 20.9. The molecule has 202 valence electrons. The number of benzene rings is 1. The molecular formula is C26H28F3N5O3S. The number of piperidine rings is 1. The van der Waals surface area contributed by atoms with Gasteiger partial charge in [-0.25, -0.2) is 4.79 Å². The van der Waals surface area contributed by atoms with E-state index in [1.165, 1.54) is 19.2 Å². The van der Waals surface area contributed by atoms with Crippen molar-refractivity contribution in [2.24, 2.45) is 0 Å². The molecular weight excluding hydrogens is 519 g/mol. The summed E-state index contributed by atoms with van der Waals surface area (Å²) in [4.78, 5) is 26.3. The standard InChI is InChI=1S/C26H28F3N5O3S/c1-30-24(35)22-8-9-23(38-22)37-25(36)31-12-4-5-18-15-19-20(32-17-10-13-33(2)14-11-17)6-3-7-21(19)34(18)16-26(27,28)29/h3,6-9,15,17,32H,10-14,16H2,1-2H3,(H,30,35)(H,31,36). The van der Waals surface area contributed by atoms with Crippen LogP contribution in [-0.2, 0) is 6.54 Å². The average molecular weight is 548 g/mol. The lowest BCUT2D eigenvalue weighted by Gasteiger charge is -2.30. The normalized spacial score (nSPS) is 14.6. The number of nitrogens with zero attached hydrogens (tertiary/aromatic N) is 2. The van der Waals surface area contributed by atoms with E-state index in [0.717, 1.165) is 47.5 Å². The summed E-state index contributed by atoms with van der Waals surface area (Å²) in [5, 5.41) is 9.31. The third-order valence-corrected chi connectivity index (χ3v) is 7.09. The van der Waals surface area contributed by atoms with Gasteiger partial charge >= 0.3 is 12.3 Å². The zero-order chi connectivity index (χ0) is 27.3. The van der Waals surface area contributed by atoms with E-state index in [9.17, 15) is 22.8 Å². The summed E-state index contributed by atoms with van der Waals surface area (Å²) in [6.07, 6.45) is -3.33. The molecule has 0 unspecified atom stereocenters. The van der Waals surface area contributed by atoms with Crippen LogP contribution in [0.25, 0.3) is 10.9 Å². The number of carbonyl (C=O) groups is 2. The van der Waals surface area contributed by atoms with Crippen molar-refractivity contribution in [3.8, 4) is 16.9 Å². The number of amides is 2. The number of fused-ring (bicyclic) bond motifs is 1. The molecule has 0 saturated carbocycles. The molecule has 3 heterocycles. The molecule has 0 aliphatic carbocycles. The highest BCUT2D eigenvalue weighted by molar-refractivity contribution is 7.15. The minimum Gasteiger partial charge on any atom is -0.399 e. The molecule has 1 aliphatic heterocycles. The van der Waals surface area contributed by atoms with Crippen molar-refractivity contribution < 1.29 is 27.5 Å². The van der Waals surface area contributed by atoms with Gasteiger partial charge in [-0.15, -0.1) is 0 Å². The van der Waals surface area contributed by atoms with Crippen LogP contribution in [0.15, 0.2) is 36.4 Å². The summed E-state index contributed by atoms with van der Waals surface area (Å²) in [6, 6.07) is 10.2. The first kappa shape index (κ1) is 27.3. The maximum Gasteiger partial charge on any atom is 0.414 e. The molecule has 1 aliphatic rings. The summed E-state index contributed by atoms with van der Waals surface area (Å²) in [5.41, 5.74) is 1.40. The predicted octanol–water partition coefficient (Wildman–Crippen LogP) is 4.27. The summed E-state index contributed by atoms with van der Waals surface area (Å²) in [5.74, 6) is 5.18. The Balaban J connectivity index is 1.48. The van der Waals surface area contributed by atoms with E-state index >= 15 is 0 Å². The number of halogens is 3. The van der Waals surface area contributed by atoms with Gasteiger partial charge in [0.25, 0.3) is 5.91 Å². The molecule has 2 amide bonds. The Bertz CT molecular complexity index is 1360. The van der Waals surface area contributed by atoms with Crippen LogP contribution >= 0.6 is 11.3 Å². The zero-order valence-corrected chi connectivity index (χ0v) is 21.8. The monoisotopic (exact) mass is 547 g/mol. The van der Waals surface area contributed by atoms with Gasteiger partial charge in [-0.3, -0.25) is 4.79 Å². The fourth-order valence-electron chi connectivity index (χ4n) is 4.24. The van der Waals surface area contributed by atoms with Crippen LogP contribution in [0.4, 0.5) is 23.7 Å². The maximum absolute atomic E-state index is 13.4. The number of aromatic nitrogens is 1. The average Bonchev–Trinajstić information content (AvgIpc) is 3.47. The number of alkyl halides is 3. The molecule has 4 rings (SSSR count). The fourth-order valence-corrected chi connectivity index (χ4v) is 5.04. The number of nitrogens with one attached hydrogen (secondary N) is 3. The topological polar surface area (TPSA) is 87.6 Å². The summed E-state index contributed by atoms with van der Waals surface area (Å²) < 4.78 is 46.6. The first-order chi connectivity index (χ1) is 18.1. The number of anilines is 1. The number of hydrogen-bond donors (Lipinski definition) is 3. The van der Waals surface area contributed by atoms with Crippen molar-refractivity contribution in [1.82, 2.24) is 20.1 Å². The lowest BCUT2D eigenvalue weighted by molar-refractivity contribution is -0.140. The van der Waals surface area contributed by atoms with Crippen LogP contribution < -0.4 is 20.7 Å². The van der Waals surface area contributed by atoms with Gasteiger partial charge in [0.05, 0.1) is 22.6 Å². The number of thiophene rings is 1. The first-order valence-corrected chi connectivity index (χ1v) is 12.8. The van der Waals surface area contributed by atoms with Crippen LogP contribution in [0.5, 0.6) is 5.06 Å². The molecule has 8 nitrogen and oxygen atoms in total. The minimum absolute atomic E-state index is 0.138. The number of carbonyl (C=O) groups excluding carboxylic acids is 2. The first-order valence-electron chi connectivity index (χ1n) is 12.0. The third kappa shape index (κ3) is 6.99. The molecule has 1 saturated heterocycles. The van der Waals surface area contributed by atoms with E-state index in [1.54, 1.807) is 18.2 Å². The van der Waals surface area contributed by atoms with E-state index < -0.39 is 18.8 Å². The molecule has 3 aromatic rings. The lowest BCUT2D eigenvalue weighted by Crippen LogP contribution is -2.36. The van der Waals surface area contributed by atoms with Gasteiger partial charge in [-0.05, 0) is 69.2 Å². The van der Waals surface area contributed by atoms with Crippen molar-refractivity contribution in [1.29, 1.82) is 0 Å². The Morgan fingerprint density at radius 2 is 1.95 bits per heavy atom. The SMILES string of the molecule is CNC(=O)c1ccc(OC(=O)NCC#Cc2cc3c(NC4CCN(C)CC4)cccc3n2CC(F)(F)F)s1. The molecule has 12 heteroatoms. The van der Waals surface area contributed by atoms with E-state index in [1.807, 2.05) is 6.07 Å². The highest BCUT2D eigenvalue weighted by Crippen LogP contribution is 2.31. The van der Waals surface area contributed by atoms with Gasteiger partial charge in [0.15, 0.2) is 5.06 Å². The van der Waals surface area contributed by atoms with Crippen LogP contribution in [0.3, 0.4) is 0 Å². The predicted molar refractivity (Wildman–Crippen MR) is 141 cm³/mol. The Labute approximate surface area is 222 Å². The minimum atomic E-state index is -4.43. The summed E-state index contributed by atoms with van der Waals surface area (Å²) >= 11 is 1.00. The molecule has 1 aromatic carbocycles. The number of likely N-dealkylation sites (tertiary alicyclic amines) is 1. The van der Waals surface area contributed by atoms with Crippen LogP contribution in [0.1, 0.15) is 28.2 Å². The van der Waals surface area contributed by atoms with Gasteiger partial charge < -0.3 is 30.2 Å². The quantitative estimate of drug-likeness (QED) is 0.402. The van der Waals surface area contributed by atoms with E-state index in [0.29, 0.717) is 15.8 Å². The van der Waals surface area contributed by atoms with Crippen molar-refractivity contribution in [2.75, 3.05) is 39.0 Å². The van der Waals surface area contributed by atoms with Gasteiger partial charge in [0, 0.05) is 24.2 Å². The molecule has 1 fully saturated rings. The van der Waals surface area contributed by atoms with Gasteiger partial charge in [0.2, 0.25) is 0 Å². The number of rotatable bonds is 6.